The van der Waals surface area contributed by atoms with Crippen LogP contribution in [0.2, 0.25) is 0 Å². The molecule has 0 bridgehead atoms. The molecule has 1 amide bonds. The first-order valence-electron chi connectivity index (χ1n) is 7.79. The number of hydrogen-bond acceptors (Lipinski definition) is 7. The van der Waals surface area contributed by atoms with Gasteiger partial charge < -0.3 is 14.2 Å². The molecule has 1 aliphatic heterocycles. The highest BCUT2D eigenvalue weighted by atomic mass is 32.1. The molecule has 1 fully saturated rings. The molecule has 0 unspecified atom stereocenters. The number of nitrogens with zero attached hydrogens (tertiary/aromatic N) is 4. The van der Waals surface area contributed by atoms with E-state index in [2.05, 4.69) is 11.1 Å². The van der Waals surface area contributed by atoms with Crippen molar-refractivity contribution in [3.63, 3.8) is 0 Å². The van der Waals surface area contributed by atoms with Crippen LogP contribution in [-0.2, 0) is 0 Å². The van der Waals surface area contributed by atoms with Gasteiger partial charge >= 0.3 is 0 Å². The summed E-state index contributed by atoms with van der Waals surface area (Å²) in [5, 5.41) is 13.2. The van der Waals surface area contributed by atoms with Crippen LogP contribution in [-0.4, -0.2) is 42.0 Å². The monoisotopic (exact) mass is 370 g/mol. The third-order valence-electron chi connectivity index (χ3n) is 4.03. The van der Waals surface area contributed by atoms with Crippen LogP contribution in [0.4, 0.5) is 5.88 Å². The Bertz CT molecular complexity index is 901. The van der Waals surface area contributed by atoms with Crippen molar-refractivity contribution in [3.05, 3.63) is 45.6 Å². The molecule has 1 saturated heterocycles. The molecule has 1 aliphatic rings. The van der Waals surface area contributed by atoms with Gasteiger partial charge in [-0.25, -0.2) is 0 Å². The molecule has 126 valence electrons. The van der Waals surface area contributed by atoms with E-state index in [1.54, 1.807) is 0 Å². The van der Waals surface area contributed by atoms with Crippen molar-refractivity contribution < 1.29 is 9.21 Å². The van der Waals surface area contributed by atoms with Crippen molar-refractivity contribution in [3.8, 4) is 16.8 Å². The highest BCUT2D eigenvalue weighted by molar-refractivity contribution is 7.13. The molecular formula is C17H14N4O2S2. The molecule has 3 aromatic heterocycles. The maximum absolute atomic E-state index is 12.4. The summed E-state index contributed by atoms with van der Waals surface area (Å²) >= 11 is 2.98. The first-order chi connectivity index (χ1) is 12.3. The van der Waals surface area contributed by atoms with Crippen molar-refractivity contribution in [2.45, 2.75) is 0 Å². The minimum atomic E-state index is 0.0620. The number of oxazole rings is 1. The molecule has 0 atom stereocenters. The fourth-order valence-corrected chi connectivity index (χ4v) is 4.11. The van der Waals surface area contributed by atoms with Crippen LogP contribution in [0.25, 0.3) is 10.8 Å². The Morgan fingerprint density at radius 1 is 1.16 bits per heavy atom. The lowest BCUT2D eigenvalue weighted by Gasteiger charge is -2.34. The zero-order valence-corrected chi connectivity index (χ0v) is 14.8. The first kappa shape index (κ1) is 15.9. The van der Waals surface area contributed by atoms with Gasteiger partial charge in [0.05, 0.1) is 9.75 Å². The lowest BCUT2D eigenvalue weighted by atomic mass is 10.3. The molecule has 0 saturated carbocycles. The van der Waals surface area contributed by atoms with Gasteiger partial charge in [0.25, 0.3) is 5.91 Å². The van der Waals surface area contributed by atoms with Gasteiger partial charge in [-0.3, -0.25) is 4.79 Å². The average molecular weight is 370 g/mol. The predicted molar refractivity (Wildman–Crippen MR) is 97.0 cm³/mol. The lowest BCUT2D eigenvalue weighted by Crippen LogP contribution is -2.48. The maximum Gasteiger partial charge on any atom is 0.264 e. The predicted octanol–water partition coefficient (Wildman–Crippen LogP) is 3.30. The summed E-state index contributed by atoms with van der Waals surface area (Å²) in [7, 11) is 0. The van der Waals surface area contributed by atoms with Crippen LogP contribution in [0.3, 0.4) is 0 Å². The van der Waals surface area contributed by atoms with Crippen LogP contribution < -0.4 is 4.90 Å². The van der Waals surface area contributed by atoms with Gasteiger partial charge in [-0.05, 0) is 22.9 Å². The molecule has 8 heteroatoms. The number of thiophene rings is 2. The topological polar surface area (TPSA) is 73.4 Å². The van der Waals surface area contributed by atoms with Gasteiger partial charge in [-0.15, -0.1) is 22.7 Å². The van der Waals surface area contributed by atoms with Crippen LogP contribution in [0, 0.1) is 11.3 Å². The lowest BCUT2D eigenvalue weighted by molar-refractivity contribution is 0.0750. The van der Waals surface area contributed by atoms with Crippen molar-refractivity contribution >= 4 is 34.5 Å². The van der Waals surface area contributed by atoms with Gasteiger partial charge in [0.2, 0.25) is 17.5 Å². The highest BCUT2D eigenvalue weighted by Crippen LogP contribution is 2.31. The number of rotatable bonds is 3. The fourth-order valence-electron chi connectivity index (χ4n) is 2.77. The number of piperazine rings is 1. The zero-order chi connectivity index (χ0) is 17.2. The van der Waals surface area contributed by atoms with Crippen LogP contribution in [0.1, 0.15) is 15.4 Å². The molecule has 0 aliphatic carbocycles. The molecule has 6 nitrogen and oxygen atoms in total. The van der Waals surface area contributed by atoms with Crippen molar-refractivity contribution in [1.29, 1.82) is 5.26 Å². The number of amides is 1. The second-order valence-corrected chi connectivity index (χ2v) is 7.41. The van der Waals surface area contributed by atoms with E-state index < -0.39 is 0 Å². The third-order valence-corrected chi connectivity index (χ3v) is 5.75. The van der Waals surface area contributed by atoms with E-state index >= 15 is 0 Å². The Labute approximate surface area is 152 Å². The first-order valence-corrected chi connectivity index (χ1v) is 9.54. The van der Waals surface area contributed by atoms with E-state index in [1.807, 2.05) is 44.8 Å². The zero-order valence-electron chi connectivity index (χ0n) is 13.2. The van der Waals surface area contributed by atoms with Gasteiger partial charge in [0.15, 0.2) is 0 Å². The van der Waals surface area contributed by atoms with E-state index in [4.69, 9.17) is 4.42 Å². The Morgan fingerprint density at radius 3 is 2.56 bits per heavy atom. The molecule has 0 spiro atoms. The summed E-state index contributed by atoms with van der Waals surface area (Å²) < 4.78 is 5.86. The third kappa shape index (κ3) is 3.04. The number of carbonyl (C=O) groups excluding carboxylic acids is 1. The van der Waals surface area contributed by atoms with Gasteiger partial charge in [0.1, 0.15) is 6.07 Å². The molecular weight excluding hydrogens is 356 g/mol. The normalized spacial score (nSPS) is 14.5. The SMILES string of the molecule is N#Cc1nc(-c2cccs2)oc1N1CCN(C(=O)c2cccs2)CC1. The minimum absolute atomic E-state index is 0.0620. The summed E-state index contributed by atoms with van der Waals surface area (Å²) in [4.78, 5) is 22.2. The number of hydrogen-bond donors (Lipinski definition) is 0. The van der Waals surface area contributed by atoms with E-state index in [-0.39, 0.29) is 5.91 Å². The molecule has 25 heavy (non-hydrogen) atoms. The summed E-state index contributed by atoms with van der Waals surface area (Å²) in [6.07, 6.45) is 0. The van der Waals surface area contributed by atoms with Gasteiger partial charge in [0, 0.05) is 26.2 Å². The molecule has 0 radical (unpaired) electrons. The van der Waals surface area contributed by atoms with E-state index in [1.165, 1.54) is 22.7 Å². The standard InChI is InChI=1S/C17H14N4O2S2/c18-11-12-17(23-15(19-12)13-3-1-9-24-13)21-7-5-20(6-8-21)16(22)14-4-2-10-25-14/h1-4,9-10H,5-8H2. The Hall–Kier alpha value is -2.63. The van der Waals surface area contributed by atoms with Gasteiger partial charge in [-0.2, -0.15) is 10.2 Å². The summed E-state index contributed by atoms with van der Waals surface area (Å²) in [6.45, 7) is 2.42. The second-order valence-electron chi connectivity index (χ2n) is 5.52. The Balaban J connectivity index is 1.49. The van der Waals surface area contributed by atoms with Crippen molar-refractivity contribution in [2.75, 3.05) is 31.1 Å². The van der Waals surface area contributed by atoms with Crippen molar-refractivity contribution in [1.82, 2.24) is 9.88 Å². The van der Waals surface area contributed by atoms with E-state index in [0.717, 1.165) is 9.75 Å². The number of anilines is 1. The average Bonchev–Trinajstić information content (AvgIpc) is 3.42. The number of aromatic nitrogens is 1. The molecule has 4 heterocycles. The highest BCUT2D eigenvalue weighted by Gasteiger charge is 2.27. The Kier molecular flexibility index (Phi) is 4.26. The largest absolute Gasteiger partial charge is 0.418 e. The molecule has 4 rings (SSSR count). The minimum Gasteiger partial charge on any atom is -0.418 e. The summed E-state index contributed by atoms with van der Waals surface area (Å²) in [5.74, 6) is 1.03. The molecule has 0 aromatic carbocycles. The second kappa shape index (κ2) is 6.70. The van der Waals surface area contributed by atoms with Crippen LogP contribution in [0.15, 0.2) is 39.4 Å². The quantitative estimate of drug-likeness (QED) is 0.707. The summed E-state index contributed by atoms with van der Waals surface area (Å²) in [6, 6.07) is 9.68. The smallest absolute Gasteiger partial charge is 0.264 e. The van der Waals surface area contributed by atoms with Gasteiger partial charge in [-0.1, -0.05) is 12.1 Å². The molecule has 3 aromatic rings. The van der Waals surface area contributed by atoms with E-state index in [0.29, 0.717) is 43.6 Å². The van der Waals surface area contributed by atoms with Crippen molar-refractivity contribution in [2.24, 2.45) is 0 Å². The Morgan fingerprint density at radius 2 is 1.92 bits per heavy atom. The molecule has 0 N–H and O–H groups in total. The summed E-state index contributed by atoms with van der Waals surface area (Å²) in [5.41, 5.74) is 0.293. The van der Waals surface area contributed by atoms with Crippen LogP contribution >= 0.6 is 22.7 Å². The number of carbonyl (C=O) groups is 1. The maximum atomic E-state index is 12.4. The van der Waals surface area contributed by atoms with E-state index in [9.17, 15) is 10.1 Å². The fraction of sp³-hybridized carbons (Fsp3) is 0.235. The van der Waals surface area contributed by atoms with Crippen LogP contribution in [0.5, 0.6) is 0 Å². The number of nitriles is 1.